The van der Waals surface area contributed by atoms with Gasteiger partial charge in [-0.2, -0.15) is 0 Å². The lowest BCUT2D eigenvalue weighted by molar-refractivity contribution is 1.15. The van der Waals surface area contributed by atoms with Crippen LogP contribution in [-0.2, 0) is 0 Å². The minimum atomic E-state index is -1.17. The Morgan fingerprint density at radius 1 is 1.18 bits per heavy atom. The summed E-state index contributed by atoms with van der Waals surface area (Å²) in [7, 11) is -1.17. The Labute approximate surface area is 72.5 Å². The summed E-state index contributed by atoms with van der Waals surface area (Å²) in [6.45, 7) is 8.28. The highest BCUT2D eigenvalue weighted by Gasteiger charge is 2.19. The SMILES string of the molecule is C#CC.CC[Si](N)(CC)CC. The number of terminal acetylenes is 1. The molecule has 0 saturated heterocycles. The van der Waals surface area contributed by atoms with E-state index in [1.807, 2.05) is 0 Å². The number of hydrogen-bond donors (Lipinski definition) is 1. The molecule has 0 radical (unpaired) electrons. The molecule has 0 aliphatic rings. The maximum absolute atomic E-state index is 6.03. The standard InChI is InChI=1S/C6H17NSi.C3H4/c1-4-8(7,5-2)6-3;1-3-2/h4-7H2,1-3H3;1H,2H3. The molecule has 0 atom stereocenters. The van der Waals surface area contributed by atoms with Crippen molar-refractivity contribution in [3.8, 4) is 12.3 Å². The van der Waals surface area contributed by atoms with E-state index in [4.69, 9.17) is 5.40 Å². The highest BCUT2D eigenvalue weighted by Crippen LogP contribution is 2.11. The largest absolute Gasteiger partial charge is 0.351 e. The Bertz CT molecular complexity index is 103. The third kappa shape index (κ3) is 7.64. The molecule has 66 valence electrons. The van der Waals surface area contributed by atoms with Crippen LogP contribution >= 0.6 is 0 Å². The van der Waals surface area contributed by atoms with Crippen LogP contribution in [-0.4, -0.2) is 8.24 Å². The van der Waals surface area contributed by atoms with Crippen molar-refractivity contribution >= 4 is 8.24 Å². The lowest BCUT2D eigenvalue weighted by atomic mass is 10.9. The fraction of sp³-hybridized carbons (Fsp3) is 0.778. The van der Waals surface area contributed by atoms with Gasteiger partial charge in [0.2, 0.25) is 0 Å². The lowest BCUT2D eigenvalue weighted by Gasteiger charge is -2.20. The first-order valence-electron chi connectivity index (χ1n) is 4.26. The summed E-state index contributed by atoms with van der Waals surface area (Å²) in [6, 6.07) is 3.71. The van der Waals surface area contributed by atoms with Crippen molar-refractivity contribution in [3.63, 3.8) is 0 Å². The molecule has 0 unspecified atom stereocenters. The number of rotatable bonds is 3. The summed E-state index contributed by atoms with van der Waals surface area (Å²) in [5.41, 5.74) is 0. The third-order valence-corrected chi connectivity index (χ3v) is 6.34. The van der Waals surface area contributed by atoms with E-state index < -0.39 is 8.24 Å². The second-order valence-electron chi connectivity index (χ2n) is 2.71. The van der Waals surface area contributed by atoms with Crippen LogP contribution in [0.5, 0.6) is 0 Å². The highest BCUT2D eigenvalue weighted by atomic mass is 28.3. The van der Waals surface area contributed by atoms with Gasteiger partial charge in [0, 0.05) is 0 Å². The average Bonchev–Trinajstić information content (AvgIpc) is 2.05. The predicted octanol–water partition coefficient (Wildman–Crippen LogP) is 2.59. The minimum Gasteiger partial charge on any atom is -0.351 e. The summed E-state index contributed by atoms with van der Waals surface area (Å²) < 4.78 is 0. The molecule has 2 heteroatoms. The summed E-state index contributed by atoms with van der Waals surface area (Å²) >= 11 is 0. The van der Waals surface area contributed by atoms with Gasteiger partial charge in [-0.25, -0.2) is 0 Å². The van der Waals surface area contributed by atoms with E-state index in [-0.39, 0.29) is 0 Å². The van der Waals surface area contributed by atoms with Crippen molar-refractivity contribution in [2.45, 2.75) is 45.8 Å². The van der Waals surface area contributed by atoms with Crippen molar-refractivity contribution in [1.29, 1.82) is 0 Å². The Balaban J connectivity index is 0. The van der Waals surface area contributed by atoms with Crippen LogP contribution in [0.3, 0.4) is 0 Å². The van der Waals surface area contributed by atoms with Gasteiger partial charge in [-0.1, -0.05) is 20.8 Å². The van der Waals surface area contributed by atoms with Crippen LogP contribution < -0.4 is 5.40 Å². The topological polar surface area (TPSA) is 26.0 Å². The van der Waals surface area contributed by atoms with Crippen LogP contribution in [0.2, 0.25) is 18.1 Å². The van der Waals surface area contributed by atoms with Crippen molar-refractivity contribution in [3.05, 3.63) is 0 Å². The van der Waals surface area contributed by atoms with E-state index >= 15 is 0 Å². The predicted molar refractivity (Wildman–Crippen MR) is 55.9 cm³/mol. The molecular weight excluding hydrogens is 150 g/mol. The van der Waals surface area contributed by atoms with Crippen LogP contribution in [0, 0.1) is 12.3 Å². The molecular formula is C9H21NSi. The first-order chi connectivity index (χ1) is 5.10. The van der Waals surface area contributed by atoms with E-state index in [1.165, 1.54) is 18.1 Å². The zero-order chi connectivity index (χ0) is 9.33. The normalized spacial score (nSPS) is 9.45. The second-order valence-corrected chi connectivity index (χ2v) is 7.56. The molecule has 0 rings (SSSR count). The molecule has 2 N–H and O–H groups in total. The Kier molecular flexibility index (Phi) is 9.50. The van der Waals surface area contributed by atoms with E-state index in [9.17, 15) is 0 Å². The van der Waals surface area contributed by atoms with Gasteiger partial charge in [-0.15, -0.1) is 12.3 Å². The first-order valence-corrected chi connectivity index (χ1v) is 6.96. The third-order valence-electron chi connectivity index (χ3n) is 2.11. The Morgan fingerprint density at radius 2 is 1.36 bits per heavy atom. The van der Waals surface area contributed by atoms with Crippen molar-refractivity contribution in [2.24, 2.45) is 5.40 Å². The van der Waals surface area contributed by atoms with E-state index in [0.29, 0.717) is 0 Å². The van der Waals surface area contributed by atoms with Crippen LogP contribution in [0.4, 0.5) is 0 Å². The van der Waals surface area contributed by atoms with Gasteiger partial charge in [0.05, 0.1) is 0 Å². The van der Waals surface area contributed by atoms with Crippen LogP contribution in [0.15, 0.2) is 0 Å². The Hall–Kier alpha value is -0.263. The first kappa shape index (κ1) is 13.3. The molecule has 0 aliphatic heterocycles. The van der Waals surface area contributed by atoms with Gasteiger partial charge in [-0.05, 0) is 25.1 Å². The fourth-order valence-electron chi connectivity index (χ4n) is 0.750. The molecule has 0 aromatic rings. The number of hydrogen-bond acceptors (Lipinski definition) is 1. The van der Waals surface area contributed by atoms with Crippen LogP contribution in [0.1, 0.15) is 27.7 Å². The zero-order valence-electron chi connectivity index (χ0n) is 8.28. The molecule has 0 amide bonds. The van der Waals surface area contributed by atoms with Gasteiger partial charge >= 0.3 is 0 Å². The van der Waals surface area contributed by atoms with E-state index in [0.717, 1.165) is 0 Å². The monoisotopic (exact) mass is 171 g/mol. The van der Waals surface area contributed by atoms with E-state index in [2.05, 4.69) is 33.1 Å². The molecule has 0 heterocycles. The summed E-state index contributed by atoms with van der Waals surface area (Å²) in [5, 5.41) is 6.03. The van der Waals surface area contributed by atoms with Gasteiger partial charge < -0.3 is 5.40 Å². The van der Waals surface area contributed by atoms with Gasteiger partial charge in [0.15, 0.2) is 0 Å². The maximum Gasteiger partial charge on any atom is 0.122 e. The van der Waals surface area contributed by atoms with E-state index in [1.54, 1.807) is 6.92 Å². The van der Waals surface area contributed by atoms with Crippen molar-refractivity contribution in [2.75, 3.05) is 0 Å². The molecule has 11 heavy (non-hydrogen) atoms. The summed E-state index contributed by atoms with van der Waals surface area (Å²) in [6.07, 6.45) is 4.60. The lowest BCUT2D eigenvalue weighted by Crippen LogP contribution is -2.42. The fourth-order valence-corrected chi connectivity index (χ4v) is 2.25. The molecule has 0 spiro atoms. The van der Waals surface area contributed by atoms with Gasteiger partial charge in [0.25, 0.3) is 0 Å². The molecule has 0 aromatic heterocycles. The summed E-state index contributed by atoms with van der Waals surface area (Å²) in [4.78, 5) is 0. The van der Waals surface area contributed by atoms with Crippen molar-refractivity contribution < 1.29 is 0 Å². The molecule has 0 aromatic carbocycles. The average molecular weight is 171 g/mol. The number of nitrogens with two attached hydrogens (primary N) is 1. The van der Waals surface area contributed by atoms with Crippen LogP contribution in [0.25, 0.3) is 0 Å². The minimum absolute atomic E-state index is 1.17. The molecule has 1 nitrogen and oxygen atoms in total. The van der Waals surface area contributed by atoms with Gasteiger partial charge in [-0.3, -0.25) is 0 Å². The zero-order valence-corrected chi connectivity index (χ0v) is 9.28. The van der Waals surface area contributed by atoms with Gasteiger partial charge in [0.1, 0.15) is 8.24 Å². The smallest absolute Gasteiger partial charge is 0.122 e. The second kappa shape index (κ2) is 7.84. The maximum atomic E-state index is 6.03. The highest BCUT2D eigenvalue weighted by molar-refractivity contribution is 6.76. The quantitative estimate of drug-likeness (QED) is 0.512. The molecule has 0 aliphatic carbocycles. The Morgan fingerprint density at radius 3 is 1.36 bits per heavy atom. The summed E-state index contributed by atoms with van der Waals surface area (Å²) in [5.74, 6) is 2.25. The molecule has 0 saturated carbocycles. The molecule has 0 bridgehead atoms. The molecule has 0 fully saturated rings. The van der Waals surface area contributed by atoms with Crippen molar-refractivity contribution in [1.82, 2.24) is 0 Å².